The number of fused-ring (bicyclic) bond motifs is 3. The van der Waals surface area contributed by atoms with Gasteiger partial charge in [0.15, 0.2) is 0 Å². The normalized spacial score (nSPS) is 13.4. The van der Waals surface area contributed by atoms with Crippen molar-refractivity contribution < 1.29 is 5.11 Å². The SMILES string of the molecule is CCCCCCCCCCN(CCCCCCCCCC)[C@H](C)[C@H](O)c1ccc2cc(Br)c3ccccc3c2c1. The molecular formula is C37H56BrNO. The van der Waals surface area contributed by atoms with Gasteiger partial charge in [-0.05, 0) is 72.1 Å². The average Bonchev–Trinajstić information content (AvgIpc) is 2.98. The van der Waals surface area contributed by atoms with Gasteiger partial charge in [-0.15, -0.1) is 0 Å². The van der Waals surface area contributed by atoms with E-state index in [1.807, 2.05) is 0 Å². The Morgan fingerprint density at radius 2 is 1.12 bits per heavy atom. The minimum absolute atomic E-state index is 0.105. The van der Waals surface area contributed by atoms with Gasteiger partial charge < -0.3 is 5.11 Å². The quantitative estimate of drug-likeness (QED) is 0.0958. The number of nitrogens with zero attached hydrogens (tertiary/aromatic N) is 1. The molecule has 0 saturated heterocycles. The number of unbranched alkanes of at least 4 members (excludes halogenated alkanes) is 14. The van der Waals surface area contributed by atoms with Crippen LogP contribution in [0, 0.1) is 0 Å². The molecule has 0 radical (unpaired) electrons. The molecule has 0 amide bonds. The average molecular weight is 611 g/mol. The van der Waals surface area contributed by atoms with Crippen LogP contribution in [0.3, 0.4) is 0 Å². The summed E-state index contributed by atoms with van der Waals surface area (Å²) in [5.41, 5.74) is 1.03. The number of halogens is 1. The first-order valence-electron chi connectivity index (χ1n) is 16.6. The van der Waals surface area contributed by atoms with Crippen LogP contribution in [0.15, 0.2) is 53.0 Å². The first-order chi connectivity index (χ1) is 19.6. The Labute approximate surface area is 254 Å². The van der Waals surface area contributed by atoms with E-state index in [-0.39, 0.29) is 6.04 Å². The largest absolute Gasteiger partial charge is 0.387 e. The van der Waals surface area contributed by atoms with E-state index in [9.17, 15) is 5.11 Å². The summed E-state index contributed by atoms with van der Waals surface area (Å²) in [4.78, 5) is 2.59. The zero-order valence-corrected chi connectivity index (χ0v) is 27.4. The highest BCUT2D eigenvalue weighted by Gasteiger charge is 2.23. The summed E-state index contributed by atoms with van der Waals surface area (Å²) < 4.78 is 1.12. The first kappa shape index (κ1) is 33.1. The number of rotatable bonds is 21. The molecule has 0 saturated carbocycles. The Balaban J connectivity index is 1.62. The van der Waals surface area contributed by atoms with E-state index >= 15 is 0 Å². The van der Waals surface area contributed by atoms with Crippen LogP contribution in [0.1, 0.15) is 135 Å². The standard InChI is InChI=1S/C37H56BrNO/c1-4-6-8-10-12-14-16-20-26-39(27-21-17-15-13-11-9-7-5-2)30(3)37(40)32-25-24-31-29-36(38)34-23-19-18-22-33(34)35(31)28-32/h18-19,22-25,28-30,37,40H,4-17,20-21,26-27H2,1-3H3/t30-,37+/m1/s1. The van der Waals surface area contributed by atoms with Crippen molar-refractivity contribution in [3.05, 3.63) is 58.6 Å². The van der Waals surface area contributed by atoms with E-state index in [0.717, 1.165) is 23.1 Å². The number of aliphatic hydroxyl groups excluding tert-OH is 1. The van der Waals surface area contributed by atoms with Crippen molar-refractivity contribution in [1.29, 1.82) is 0 Å². The highest BCUT2D eigenvalue weighted by atomic mass is 79.9. The molecule has 3 heteroatoms. The molecule has 3 aromatic rings. The van der Waals surface area contributed by atoms with E-state index in [4.69, 9.17) is 0 Å². The maximum atomic E-state index is 11.6. The molecule has 222 valence electrons. The zero-order valence-electron chi connectivity index (χ0n) is 25.8. The van der Waals surface area contributed by atoms with Gasteiger partial charge in [-0.2, -0.15) is 0 Å². The predicted molar refractivity (Wildman–Crippen MR) is 180 cm³/mol. The number of benzene rings is 3. The van der Waals surface area contributed by atoms with Gasteiger partial charge in [-0.25, -0.2) is 0 Å². The fourth-order valence-electron chi connectivity index (χ4n) is 6.15. The van der Waals surface area contributed by atoms with Crippen LogP contribution in [0.4, 0.5) is 0 Å². The third-order valence-corrected chi connectivity index (χ3v) is 9.46. The predicted octanol–water partition coefficient (Wildman–Crippen LogP) is 11.8. The van der Waals surface area contributed by atoms with Gasteiger partial charge in [-0.3, -0.25) is 4.90 Å². The molecule has 40 heavy (non-hydrogen) atoms. The Bertz CT molecular complexity index is 1090. The van der Waals surface area contributed by atoms with E-state index in [2.05, 4.69) is 90.1 Å². The lowest BCUT2D eigenvalue weighted by Gasteiger charge is -2.33. The van der Waals surface area contributed by atoms with Gasteiger partial charge >= 0.3 is 0 Å². The van der Waals surface area contributed by atoms with Gasteiger partial charge in [0.2, 0.25) is 0 Å². The minimum atomic E-state index is -0.491. The Hall–Kier alpha value is -1.42. The van der Waals surface area contributed by atoms with Crippen LogP contribution in [-0.2, 0) is 0 Å². The highest BCUT2D eigenvalue weighted by molar-refractivity contribution is 9.10. The van der Waals surface area contributed by atoms with Gasteiger partial charge in [0, 0.05) is 10.5 Å². The maximum absolute atomic E-state index is 11.6. The molecule has 0 spiro atoms. The molecule has 0 aliphatic heterocycles. The summed E-state index contributed by atoms with van der Waals surface area (Å²) in [6, 6.07) is 17.4. The lowest BCUT2D eigenvalue weighted by Crippen LogP contribution is -2.39. The summed E-state index contributed by atoms with van der Waals surface area (Å²) in [5.74, 6) is 0. The zero-order chi connectivity index (χ0) is 28.6. The van der Waals surface area contributed by atoms with Crippen molar-refractivity contribution in [2.24, 2.45) is 0 Å². The summed E-state index contributed by atoms with van der Waals surface area (Å²) >= 11 is 3.75. The number of aliphatic hydroxyl groups is 1. The third kappa shape index (κ3) is 10.4. The fraction of sp³-hybridized carbons (Fsp3) is 0.622. The van der Waals surface area contributed by atoms with Crippen molar-refractivity contribution in [2.45, 2.75) is 136 Å². The van der Waals surface area contributed by atoms with Crippen molar-refractivity contribution in [2.75, 3.05) is 13.1 Å². The molecule has 0 heterocycles. The molecule has 0 bridgehead atoms. The maximum Gasteiger partial charge on any atom is 0.0942 e. The first-order valence-corrected chi connectivity index (χ1v) is 17.4. The van der Waals surface area contributed by atoms with Crippen LogP contribution >= 0.6 is 15.9 Å². The molecule has 0 unspecified atom stereocenters. The fourth-order valence-corrected chi connectivity index (χ4v) is 6.74. The molecule has 1 N–H and O–H groups in total. The Morgan fingerprint density at radius 1 is 0.625 bits per heavy atom. The molecule has 0 aromatic heterocycles. The van der Waals surface area contributed by atoms with E-state index < -0.39 is 6.10 Å². The third-order valence-electron chi connectivity index (χ3n) is 8.81. The van der Waals surface area contributed by atoms with E-state index in [1.165, 1.54) is 124 Å². The van der Waals surface area contributed by atoms with E-state index in [1.54, 1.807) is 0 Å². The molecule has 0 aliphatic carbocycles. The van der Waals surface area contributed by atoms with Crippen LogP contribution in [0.2, 0.25) is 0 Å². The second-order valence-corrected chi connectivity index (χ2v) is 12.9. The topological polar surface area (TPSA) is 23.5 Å². The minimum Gasteiger partial charge on any atom is -0.387 e. The van der Waals surface area contributed by atoms with Gasteiger partial charge in [-0.1, -0.05) is 156 Å². The summed E-state index contributed by atoms with van der Waals surface area (Å²) in [5, 5.41) is 16.5. The van der Waals surface area contributed by atoms with Crippen LogP contribution in [0.5, 0.6) is 0 Å². The smallest absolute Gasteiger partial charge is 0.0942 e. The number of hydrogen-bond donors (Lipinski definition) is 1. The summed E-state index contributed by atoms with van der Waals surface area (Å²) in [6.07, 6.45) is 21.0. The van der Waals surface area contributed by atoms with E-state index in [0.29, 0.717) is 0 Å². The van der Waals surface area contributed by atoms with Crippen molar-refractivity contribution in [3.63, 3.8) is 0 Å². The van der Waals surface area contributed by atoms with Crippen molar-refractivity contribution in [1.82, 2.24) is 4.90 Å². The van der Waals surface area contributed by atoms with Crippen LogP contribution in [-0.4, -0.2) is 29.1 Å². The molecule has 0 fully saturated rings. The second-order valence-electron chi connectivity index (χ2n) is 12.1. The molecule has 3 aromatic carbocycles. The molecule has 3 rings (SSSR count). The molecule has 2 nitrogen and oxygen atoms in total. The summed E-state index contributed by atoms with van der Waals surface area (Å²) in [7, 11) is 0. The van der Waals surface area contributed by atoms with Gasteiger partial charge in [0.1, 0.15) is 0 Å². The highest BCUT2D eigenvalue weighted by Crippen LogP contribution is 2.34. The molecule has 2 atom stereocenters. The lowest BCUT2D eigenvalue weighted by atomic mass is 9.95. The summed E-state index contributed by atoms with van der Waals surface area (Å²) in [6.45, 7) is 9.00. The number of hydrogen-bond acceptors (Lipinski definition) is 2. The second kappa shape index (κ2) is 18.9. The molecular weight excluding hydrogens is 554 g/mol. The van der Waals surface area contributed by atoms with Crippen LogP contribution < -0.4 is 0 Å². The van der Waals surface area contributed by atoms with Gasteiger partial charge in [0.25, 0.3) is 0 Å². The lowest BCUT2D eigenvalue weighted by molar-refractivity contribution is 0.0555. The van der Waals surface area contributed by atoms with Gasteiger partial charge in [0.05, 0.1) is 6.10 Å². The van der Waals surface area contributed by atoms with Crippen LogP contribution in [0.25, 0.3) is 21.5 Å². The Morgan fingerprint density at radius 3 is 1.68 bits per heavy atom. The van der Waals surface area contributed by atoms with Crippen molar-refractivity contribution >= 4 is 37.5 Å². The monoisotopic (exact) mass is 609 g/mol. The Kier molecular flexibility index (Phi) is 15.6. The molecule has 0 aliphatic rings. The van der Waals surface area contributed by atoms with Crippen molar-refractivity contribution in [3.8, 4) is 0 Å².